The van der Waals surface area contributed by atoms with Crippen molar-refractivity contribution in [1.29, 1.82) is 0 Å². The van der Waals surface area contributed by atoms with Crippen LogP contribution in [0.3, 0.4) is 0 Å². The van der Waals surface area contributed by atoms with Gasteiger partial charge in [-0.3, -0.25) is 14.9 Å². The van der Waals surface area contributed by atoms with Crippen molar-refractivity contribution in [2.45, 2.75) is 11.3 Å². The minimum absolute atomic E-state index is 0.0524. The summed E-state index contributed by atoms with van der Waals surface area (Å²) in [5.41, 5.74) is 0.659. The summed E-state index contributed by atoms with van der Waals surface area (Å²) in [5.74, 6) is -0.543. The Labute approximate surface area is 192 Å². The number of rotatable bonds is 10. The Morgan fingerprint density at radius 3 is 2.50 bits per heavy atom. The summed E-state index contributed by atoms with van der Waals surface area (Å²) in [6, 6.07) is 15.6. The predicted octanol–water partition coefficient (Wildman–Crippen LogP) is 3.46. The number of benzene rings is 2. The van der Waals surface area contributed by atoms with E-state index in [1.54, 1.807) is 43.3 Å². The van der Waals surface area contributed by atoms with Gasteiger partial charge in [0.2, 0.25) is 11.0 Å². The van der Waals surface area contributed by atoms with Gasteiger partial charge in [0.15, 0.2) is 10.9 Å². The number of hydrogen-bond acceptors (Lipinski definition) is 9. The molecule has 32 heavy (non-hydrogen) atoms. The molecular formula is C21H20N4O5S2. The van der Waals surface area contributed by atoms with Crippen LogP contribution in [0.1, 0.15) is 17.3 Å². The van der Waals surface area contributed by atoms with E-state index in [1.807, 2.05) is 18.2 Å². The summed E-state index contributed by atoms with van der Waals surface area (Å²) in [5, 5.41) is 13.5. The molecular weight excluding hydrogens is 452 g/mol. The van der Waals surface area contributed by atoms with E-state index < -0.39 is 5.97 Å². The van der Waals surface area contributed by atoms with Crippen LogP contribution in [-0.2, 0) is 14.3 Å². The average Bonchev–Trinajstić information content (AvgIpc) is 3.25. The topological polar surface area (TPSA) is 120 Å². The van der Waals surface area contributed by atoms with E-state index in [9.17, 15) is 14.4 Å². The molecule has 1 heterocycles. The summed E-state index contributed by atoms with van der Waals surface area (Å²) < 4.78 is 10.9. The number of esters is 1. The minimum Gasteiger partial charge on any atom is -0.484 e. The van der Waals surface area contributed by atoms with Crippen LogP contribution in [0.4, 0.5) is 10.8 Å². The Balaban J connectivity index is 1.46. The van der Waals surface area contributed by atoms with Gasteiger partial charge in [0.1, 0.15) is 5.75 Å². The van der Waals surface area contributed by atoms with Crippen molar-refractivity contribution in [1.82, 2.24) is 10.2 Å². The molecule has 1 aromatic heterocycles. The fourth-order valence-corrected chi connectivity index (χ4v) is 4.00. The van der Waals surface area contributed by atoms with E-state index in [0.29, 0.717) is 20.9 Å². The van der Waals surface area contributed by atoms with Gasteiger partial charge in [-0.25, -0.2) is 4.79 Å². The van der Waals surface area contributed by atoms with Gasteiger partial charge in [-0.2, -0.15) is 0 Å². The Kier molecular flexibility index (Phi) is 8.58. The summed E-state index contributed by atoms with van der Waals surface area (Å²) in [6.07, 6.45) is 0. The molecule has 166 valence electrons. The largest absolute Gasteiger partial charge is 0.484 e. The third kappa shape index (κ3) is 7.06. The average molecular weight is 473 g/mol. The fraction of sp³-hybridized carbons (Fsp3) is 0.190. The highest BCUT2D eigenvalue weighted by Gasteiger charge is 2.15. The van der Waals surface area contributed by atoms with Gasteiger partial charge >= 0.3 is 5.97 Å². The number of thioether (sulfide) groups is 1. The maximum absolute atomic E-state index is 12.3. The molecule has 0 unspecified atom stereocenters. The summed E-state index contributed by atoms with van der Waals surface area (Å²) in [4.78, 5) is 36.3. The molecule has 2 aromatic carbocycles. The van der Waals surface area contributed by atoms with Gasteiger partial charge in [0, 0.05) is 0 Å². The van der Waals surface area contributed by atoms with Crippen LogP contribution in [0.5, 0.6) is 5.75 Å². The van der Waals surface area contributed by atoms with Crippen LogP contribution in [-0.4, -0.2) is 46.9 Å². The molecule has 9 nitrogen and oxygen atoms in total. The third-order valence-electron chi connectivity index (χ3n) is 3.79. The first-order chi connectivity index (χ1) is 15.5. The lowest BCUT2D eigenvalue weighted by molar-refractivity contribution is -0.118. The summed E-state index contributed by atoms with van der Waals surface area (Å²) >= 11 is 2.31. The van der Waals surface area contributed by atoms with Crippen molar-refractivity contribution in [3.8, 4) is 5.75 Å². The Bertz CT molecular complexity index is 1070. The summed E-state index contributed by atoms with van der Waals surface area (Å²) in [6.45, 7) is 1.80. The lowest BCUT2D eigenvalue weighted by Crippen LogP contribution is -2.20. The highest BCUT2D eigenvalue weighted by atomic mass is 32.2. The smallest absolute Gasteiger partial charge is 0.340 e. The first kappa shape index (κ1) is 23.2. The first-order valence-corrected chi connectivity index (χ1v) is 11.4. The maximum atomic E-state index is 12.3. The minimum atomic E-state index is -0.503. The summed E-state index contributed by atoms with van der Waals surface area (Å²) in [7, 11) is 0. The van der Waals surface area contributed by atoms with E-state index in [2.05, 4.69) is 20.8 Å². The molecule has 0 saturated carbocycles. The van der Waals surface area contributed by atoms with Crippen molar-refractivity contribution in [3.63, 3.8) is 0 Å². The van der Waals surface area contributed by atoms with Crippen molar-refractivity contribution < 1.29 is 23.9 Å². The Morgan fingerprint density at radius 2 is 1.72 bits per heavy atom. The number of carbonyl (C=O) groups is 3. The van der Waals surface area contributed by atoms with Crippen LogP contribution in [0.15, 0.2) is 58.9 Å². The predicted molar refractivity (Wildman–Crippen MR) is 122 cm³/mol. The van der Waals surface area contributed by atoms with E-state index in [-0.39, 0.29) is 36.3 Å². The molecule has 0 aliphatic rings. The van der Waals surface area contributed by atoms with Crippen LogP contribution in [0, 0.1) is 0 Å². The number of aromatic nitrogens is 2. The second kappa shape index (κ2) is 11.8. The maximum Gasteiger partial charge on any atom is 0.340 e. The zero-order valence-corrected chi connectivity index (χ0v) is 18.7. The molecule has 0 aliphatic carbocycles. The molecule has 2 N–H and O–H groups in total. The van der Waals surface area contributed by atoms with Crippen LogP contribution < -0.4 is 15.4 Å². The molecule has 0 atom stereocenters. The molecule has 2 amide bonds. The zero-order valence-electron chi connectivity index (χ0n) is 17.1. The van der Waals surface area contributed by atoms with Gasteiger partial charge in [-0.1, -0.05) is 53.4 Å². The molecule has 0 saturated heterocycles. The molecule has 0 radical (unpaired) electrons. The monoisotopic (exact) mass is 472 g/mol. The fourth-order valence-electron chi connectivity index (χ4n) is 2.43. The van der Waals surface area contributed by atoms with Crippen molar-refractivity contribution >= 4 is 51.7 Å². The number of amides is 2. The molecule has 0 bridgehead atoms. The van der Waals surface area contributed by atoms with Crippen LogP contribution >= 0.6 is 23.1 Å². The lowest BCUT2D eigenvalue weighted by Gasteiger charge is -2.09. The second-order valence-corrected chi connectivity index (χ2v) is 8.33. The molecule has 11 heteroatoms. The van der Waals surface area contributed by atoms with E-state index in [4.69, 9.17) is 9.47 Å². The molecule has 3 rings (SSSR count). The molecule has 0 fully saturated rings. The van der Waals surface area contributed by atoms with Gasteiger partial charge in [-0.15, -0.1) is 10.2 Å². The van der Waals surface area contributed by atoms with E-state index >= 15 is 0 Å². The third-order valence-corrected chi connectivity index (χ3v) is 5.76. The van der Waals surface area contributed by atoms with Crippen LogP contribution in [0.25, 0.3) is 0 Å². The number of carbonyl (C=O) groups excluding carboxylic acids is 3. The quantitative estimate of drug-likeness (QED) is 0.262. The normalized spacial score (nSPS) is 10.3. The van der Waals surface area contributed by atoms with Crippen molar-refractivity contribution in [3.05, 3.63) is 60.2 Å². The van der Waals surface area contributed by atoms with E-state index in [1.165, 1.54) is 0 Å². The number of nitrogens with one attached hydrogen (secondary N) is 2. The highest BCUT2D eigenvalue weighted by Crippen LogP contribution is 2.26. The SMILES string of the molecule is CCOC(=O)c1ccccc1NC(=O)CSc1nnc(NC(=O)COc2ccccc2)s1. The van der Waals surface area contributed by atoms with Gasteiger partial charge in [-0.05, 0) is 31.2 Å². The van der Waals surface area contributed by atoms with Gasteiger partial charge in [0.05, 0.1) is 23.6 Å². The second-order valence-electron chi connectivity index (χ2n) is 6.13. The Morgan fingerprint density at radius 1 is 0.969 bits per heavy atom. The number of anilines is 2. The number of ether oxygens (including phenoxy) is 2. The molecule has 0 aliphatic heterocycles. The molecule has 0 spiro atoms. The van der Waals surface area contributed by atoms with E-state index in [0.717, 1.165) is 23.1 Å². The number of nitrogens with zero attached hydrogens (tertiary/aromatic N) is 2. The number of para-hydroxylation sites is 2. The molecule has 3 aromatic rings. The van der Waals surface area contributed by atoms with Crippen molar-refractivity contribution in [2.24, 2.45) is 0 Å². The Hall–Kier alpha value is -3.44. The van der Waals surface area contributed by atoms with Gasteiger partial charge < -0.3 is 14.8 Å². The van der Waals surface area contributed by atoms with Crippen LogP contribution in [0.2, 0.25) is 0 Å². The lowest BCUT2D eigenvalue weighted by atomic mass is 10.2. The highest BCUT2D eigenvalue weighted by molar-refractivity contribution is 8.01. The van der Waals surface area contributed by atoms with Crippen molar-refractivity contribution in [2.75, 3.05) is 29.6 Å². The zero-order chi connectivity index (χ0) is 22.8. The first-order valence-electron chi connectivity index (χ1n) is 9.55. The number of hydrogen-bond donors (Lipinski definition) is 2. The van der Waals surface area contributed by atoms with Gasteiger partial charge in [0.25, 0.3) is 5.91 Å². The standard InChI is InChI=1S/C21H20N4O5S2/c1-2-29-19(28)15-10-6-7-11-16(15)22-18(27)13-31-21-25-24-20(32-21)23-17(26)12-30-14-8-4-3-5-9-14/h3-11H,2,12-13H2,1H3,(H,22,27)(H,23,24,26).